The Kier molecular flexibility index (Phi) is 5.74. The van der Waals surface area contributed by atoms with Crippen molar-refractivity contribution in [2.24, 2.45) is 0 Å². The summed E-state index contributed by atoms with van der Waals surface area (Å²) < 4.78 is 27.0. The lowest BCUT2D eigenvalue weighted by atomic mass is 9.82. The molecule has 26 heavy (non-hydrogen) atoms. The van der Waals surface area contributed by atoms with Crippen LogP contribution in [0.15, 0.2) is 53.4 Å². The molecular weight excluding hydrogens is 348 g/mol. The van der Waals surface area contributed by atoms with Crippen molar-refractivity contribution in [2.75, 3.05) is 13.1 Å². The Balaban J connectivity index is 1.52. The summed E-state index contributed by atoms with van der Waals surface area (Å²) in [4.78, 5) is 12.7. The van der Waals surface area contributed by atoms with E-state index < -0.39 is 10.0 Å². The molecule has 1 aliphatic rings. The minimum atomic E-state index is -3.55. The number of nitrogens with one attached hydrogen (secondary N) is 2. The van der Waals surface area contributed by atoms with E-state index in [2.05, 4.69) is 16.1 Å². The second kappa shape index (κ2) is 8.01. The van der Waals surface area contributed by atoms with Gasteiger partial charge in [0.25, 0.3) is 0 Å². The van der Waals surface area contributed by atoms with Crippen molar-refractivity contribution >= 4 is 15.9 Å². The Bertz CT molecular complexity index is 876. The maximum atomic E-state index is 12.5. The molecule has 0 aromatic heterocycles. The zero-order chi connectivity index (χ0) is 18.6. The van der Waals surface area contributed by atoms with Gasteiger partial charge in [0, 0.05) is 13.1 Å². The van der Waals surface area contributed by atoms with E-state index in [1.165, 1.54) is 5.56 Å². The van der Waals surface area contributed by atoms with Crippen LogP contribution in [-0.4, -0.2) is 27.4 Å². The van der Waals surface area contributed by atoms with Crippen molar-refractivity contribution in [2.45, 2.75) is 37.0 Å². The van der Waals surface area contributed by atoms with Crippen LogP contribution in [0.3, 0.4) is 0 Å². The first-order valence-corrected chi connectivity index (χ1v) is 10.4. The predicted molar refractivity (Wildman–Crippen MR) is 101 cm³/mol. The molecule has 0 aliphatic heterocycles. The first-order valence-electron chi connectivity index (χ1n) is 8.89. The number of benzene rings is 2. The van der Waals surface area contributed by atoms with Gasteiger partial charge in [0.05, 0.1) is 10.8 Å². The minimum absolute atomic E-state index is 0.0355. The van der Waals surface area contributed by atoms with Gasteiger partial charge in [0.1, 0.15) is 0 Å². The van der Waals surface area contributed by atoms with Crippen LogP contribution in [0.1, 0.15) is 35.4 Å². The number of hydrogen-bond acceptors (Lipinski definition) is 3. The molecule has 5 nitrogen and oxygen atoms in total. The van der Waals surface area contributed by atoms with Crippen LogP contribution in [0, 0.1) is 6.92 Å². The van der Waals surface area contributed by atoms with E-state index in [4.69, 9.17) is 0 Å². The summed E-state index contributed by atoms with van der Waals surface area (Å²) in [6.45, 7) is 2.33. The second-order valence-corrected chi connectivity index (χ2v) is 8.41. The number of sulfonamides is 1. The molecule has 1 unspecified atom stereocenters. The van der Waals surface area contributed by atoms with E-state index in [9.17, 15) is 13.2 Å². The van der Waals surface area contributed by atoms with Gasteiger partial charge < -0.3 is 5.32 Å². The van der Waals surface area contributed by atoms with E-state index in [1.54, 1.807) is 24.3 Å². The Morgan fingerprint density at radius 1 is 1.08 bits per heavy atom. The van der Waals surface area contributed by atoms with Gasteiger partial charge in [-0.2, -0.15) is 0 Å². The number of fused-ring (bicyclic) bond motifs is 1. The molecule has 0 bridgehead atoms. The molecular formula is C20H24N2O3S. The fourth-order valence-corrected chi connectivity index (χ4v) is 4.35. The van der Waals surface area contributed by atoms with Crippen LogP contribution in [-0.2, 0) is 21.2 Å². The summed E-state index contributed by atoms with van der Waals surface area (Å²) in [5, 5.41) is 2.86. The van der Waals surface area contributed by atoms with Gasteiger partial charge in [-0.15, -0.1) is 0 Å². The smallest absolute Gasteiger partial charge is 0.240 e. The Hall–Kier alpha value is -2.18. The molecule has 0 radical (unpaired) electrons. The predicted octanol–water partition coefficient (Wildman–Crippen LogP) is 2.51. The number of aryl methyl sites for hydroxylation is 2. The molecule has 0 heterocycles. The maximum absolute atomic E-state index is 12.5. The number of hydrogen-bond donors (Lipinski definition) is 2. The van der Waals surface area contributed by atoms with Gasteiger partial charge in [-0.05, 0) is 49.4 Å². The molecule has 1 amide bonds. The zero-order valence-corrected chi connectivity index (χ0v) is 15.7. The van der Waals surface area contributed by atoms with Crippen LogP contribution in [0.5, 0.6) is 0 Å². The van der Waals surface area contributed by atoms with E-state index in [0.29, 0.717) is 0 Å². The quantitative estimate of drug-likeness (QED) is 0.765. The van der Waals surface area contributed by atoms with Crippen molar-refractivity contribution in [3.8, 4) is 0 Å². The van der Waals surface area contributed by atoms with Crippen molar-refractivity contribution in [3.63, 3.8) is 0 Å². The van der Waals surface area contributed by atoms with Gasteiger partial charge in [-0.3, -0.25) is 4.79 Å². The molecule has 0 spiro atoms. The highest BCUT2D eigenvalue weighted by Gasteiger charge is 2.25. The normalized spacial score (nSPS) is 16.7. The highest BCUT2D eigenvalue weighted by atomic mass is 32.2. The largest absolute Gasteiger partial charge is 0.354 e. The van der Waals surface area contributed by atoms with Crippen molar-refractivity contribution in [1.29, 1.82) is 0 Å². The second-order valence-electron chi connectivity index (χ2n) is 6.65. The number of carbonyl (C=O) groups excluding carboxylic acids is 1. The Morgan fingerprint density at radius 2 is 1.81 bits per heavy atom. The molecule has 2 aromatic rings. The van der Waals surface area contributed by atoms with Gasteiger partial charge >= 0.3 is 0 Å². The first kappa shape index (κ1) is 18.6. The SMILES string of the molecule is Cc1ccc(S(=O)(=O)NCCNC(=O)C2CCCc3ccccc32)cc1. The molecule has 6 heteroatoms. The molecule has 1 atom stereocenters. The molecule has 1 aliphatic carbocycles. The first-order chi connectivity index (χ1) is 12.5. The van der Waals surface area contributed by atoms with Crippen LogP contribution >= 0.6 is 0 Å². The molecule has 0 saturated heterocycles. The fourth-order valence-electron chi connectivity index (χ4n) is 3.32. The summed E-state index contributed by atoms with van der Waals surface area (Å²) in [7, 11) is -3.55. The number of amides is 1. The summed E-state index contributed by atoms with van der Waals surface area (Å²) in [6.07, 6.45) is 2.84. The lowest BCUT2D eigenvalue weighted by Gasteiger charge is -2.24. The van der Waals surface area contributed by atoms with Crippen molar-refractivity contribution < 1.29 is 13.2 Å². The lowest BCUT2D eigenvalue weighted by Crippen LogP contribution is -2.37. The third-order valence-corrected chi connectivity index (χ3v) is 6.21. The third-order valence-electron chi connectivity index (χ3n) is 4.73. The van der Waals surface area contributed by atoms with E-state index in [1.807, 2.05) is 25.1 Å². The number of rotatable bonds is 6. The standard InChI is InChI=1S/C20H24N2O3S/c1-15-9-11-17(12-10-15)26(24,25)22-14-13-21-20(23)19-8-4-6-16-5-2-3-7-18(16)19/h2-3,5,7,9-12,19,22H,4,6,8,13-14H2,1H3,(H,21,23). The molecule has 0 fully saturated rings. The van der Waals surface area contributed by atoms with E-state index >= 15 is 0 Å². The third kappa shape index (κ3) is 4.31. The fraction of sp³-hybridized carbons (Fsp3) is 0.350. The van der Waals surface area contributed by atoms with Crippen LogP contribution in [0.2, 0.25) is 0 Å². The summed E-state index contributed by atoms with van der Waals surface area (Å²) >= 11 is 0. The van der Waals surface area contributed by atoms with Gasteiger partial charge in [-0.1, -0.05) is 42.0 Å². The lowest BCUT2D eigenvalue weighted by molar-refractivity contribution is -0.122. The van der Waals surface area contributed by atoms with Crippen molar-refractivity contribution in [3.05, 3.63) is 65.2 Å². The number of carbonyl (C=O) groups is 1. The Morgan fingerprint density at radius 3 is 2.58 bits per heavy atom. The van der Waals surface area contributed by atoms with Gasteiger partial charge in [-0.25, -0.2) is 13.1 Å². The highest BCUT2D eigenvalue weighted by Crippen LogP contribution is 2.31. The average Bonchev–Trinajstić information content (AvgIpc) is 2.65. The van der Waals surface area contributed by atoms with E-state index in [-0.39, 0.29) is 29.8 Å². The molecule has 2 N–H and O–H groups in total. The Labute approximate surface area is 154 Å². The maximum Gasteiger partial charge on any atom is 0.240 e. The average molecular weight is 372 g/mol. The van der Waals surface area contributed by atoms with Crippen LogP contribution in [0.4, 0.5) is 0 Å². The monoisotopic (exact) mass is 372 g/mol. The molecule has 3 rings (SSSR count). The minimum Gasteiger partial charge on any atom is -0.354 e. The van der Waals surface area contributed by atoms with Gasteiger partial charge in [0.15, 0.2) is 0 Å². The van der Waals surface area contributed by atoms with E-state index in [0.717, 1.165) is 30.4 Å². The highest BCUT2D eigenvalue weighted by molar-refractivity contribution is 7.89. The van der Waals surface area contributed by atoms with Crippen LogP contribution in [0.25, 0.3) is 0 Å². The summed E-state index contributed by atoms with van der Waals surface area (Å²) in [5.74, 6) is -0.180. The summed E-state index contributed by atoms with van der Waals surface area (Å²) in [6, 6.07) is 14.7. The topological polar surface area (TPSA) is 75.3 Å². The van der Waals surface area contributed by atoms with Crippen molar-refractivity contribution in [1.82, 2.24) is 10.0 Å². The zero-order valence-electron chi connectivity index (χ0n) is 14.9. The summed E-state index contributed by atoms with van der Waals surface area (Å²) in [5.41, 5.74) is 3.33. The van der Waals surface area contributed by atoms with Crippen LogP contribution < -0.4 is 10.0 Å². The molecule has 138 valence electrons. The van der Waals surface area contributed by atoms with Gasteiger partial charge in [0.2, 0.25) is 15.9 Å². The molecule has 2 aromatic carbocycles. The molecule has 0 saturated carbocycles.